The second kappa shape index (κ2) is 6.09. The van der Waals surface area contributed by atoms with Crippen LogP contribution in [-0.2, 0) is 13.0 Å². The van der Waals surface area contributed by atoms with Gasteiger partial charge in [-0.15, -0.1) is 6.58 Å². The van der Waals surface area contributed by atoms with Gasteiger partial charge < -0.3 is 10.3 Å². The molecule has 3 nitrogen and oxygen atoms in total. The predicted molar refractivity (Wildman–Crippen MR) is 81.2 cm³/mol. The molecule has 0 saturated heterocycles. The van der Waals surface area contributed by atoms with Gasteiger partial charge in [0, 0.05) is 13.0 Å². The third-order valence-electron chi connectivity index (χ3n) is 3.07. The van der Waals surface area contributed by atoms with Crippen molar-refractivity contribution in [2.45, 2.75) is 26.3 Å². The smallest absolute Gasteiger partial charge is 0.134 e. The molecule has 1 heterocycles. The molecule has 0 radical (unpaired) electrons. The van der Waals surface area contributed by atoms with Gasteiger partial charge in [0.2, 0.25) is 0 Å². The fraction of sp³-hybridized carbons (Fsp3) is 0.267. The zero-order valence-corrected chi connectivity index (χ0v) is 12.1. The van der Waals surface area contributed by atoms with E-state index in [9.17, 15) is 4.39 Å². The molecule has 0 saturated carbocycles. The maximum atomic E-state index is 14.0. The molecule has 0 bridgehead atoms. The van der Waals surface area contributed by atoms with Crippen LogP contribution in [0.4, 0.5) is 10.2 Å². The van der Waals surface area contributed by atoms with E-state index in [0.29, 0.717) is 23.1 Å². The number of halogens is 2. The molecular weight excluding hydrogens is 277 g/mol. The van der Waals surface area contributed by atoms with E-state index < -0.39 is 5.82 Å². The van der Waals surface area contributed by atoms with Gasteiger partial charge in [-0.05, 0) is 18.6 Å². The zero-order chi connectivity index (χ0) is 14.7. The number of aryl methyl sites for hydroxylation is 1. The number of nitrogens with two attached hydrogens (primary N) is 1. The Morgan fingerprint density at radius 1 is 1.50 bits per heavy atom. The number of nitrogens with zero attached hydrogens (tertiary/aromatic N) is 2. The number of benzene rings is 1. The van der Waals surface area contributed by atoms with Crippen molar-refractivity contribution in [3.8, 4) is 11.3 Å². The second-order valence-corrected chi connectivity index (χ2v) is 4.92. The van der Waals surface area contributed by atoms with Crippen LogP contribution < -0.4 is 5.73 Å². The van der Waals surface area contributed by atoms with Crippen molar-refractivity contribution in [2.24, 2.45) is 0 Å². The molecular formula is C15H17ClFN3. The van der Waals surface area contributed by atoms with Crippen LogP contribution in [0, 0.1) is 5.82 Å². The van der Waals surface area contributed by atoms with E-state index in [0.717, 1.165) is 18.7 Å². The molecule has 0 atom stereocenters. The highest BCUT2D eigenvalue weighted by atomic mass is 35.5. The number of allylic oxidation sites excluding steroid dienone is 1. The molecule has 1 aromatic heterocycles. The van der Waals surface area contributed by atoms with E-state index in [1.807, 2.05) is 4.57 Å². The molecule has 2 N–H and O–H groups in total. The molecule has 0 aliphatic carbocycles. The lowest BCUT2D eigenvalue weighted by atomic mass is 10.1. The Kier molecular flexibility index (Phi) is 4.45. The molecule has 5 heteroatoms. The monoisotopic (exact) mass is 293 g/mol. The minimum Gasteiger partial charge on any atom is -0.383 e. The van der Waals surface area contributed by atoms with Gasteiger partial charge in [-0.25, -0.2) is 9.37 Å². The number of anilines is 1. The molecule has 0 aliphatic rings. The lowest BCUT2D eigenvalue weighted by Crippen LogP contribution is -2.06. The van der Waals surface area contributed by atoms with Gasteiger partial charge in [0.15, 0.2) is 0 Å². The minimum atomic E-state index is -0.421. The summed E-state index contributed by atoms with van der Waals surface area (Å²) in [6.45, 7) is 6.31. The van der Waals surface area contributed by atoms with Crippen molar-refractivity contribution < 1.29 is 4.39 Å². The first-order valence-electron chi connectivity index (χ1n) is 6.50. The Hall–Kier alpha value is -1.81. The summed E-state index contributed by atoms with van der Waals surface area (Å²) >= 11 is 6.09. The van der Waals surface area contributed by atoms with E-state index in [-0.39, 0.29) is 5.56 Å². The molecule has 0 aliphatic heterocycles. The largest absolute Gasteiger partial charge is 0.383 e. The van der Waals surface area contributed by atoms with E-state index >= 15 is 0 Å². The van der Waals surface area contributed by atoms with Crippen molar-refractivity contribution in [1.29, 1.82) is 0 Å². The third-order valence-corrected chi connectivity index (χ3v) is 3.39. The van der Waals surface area contributed by atoms with Crippen LogP contribution in [0.1, 0.15) is 19.2 Å². The average molecular weight is 294 g/mol. The lowest BCUT2D eigenvalue weighted by Gasteiger charge is -2.07. The Labute approximate surface area is 122 Å². The zero-order valence-electron chi connectivity index (χ0n) is 11.4. The Morgan fingerprint density at radius 3 is 2.85 bits per heavy atom. The standard InChI is InChI=1S/C15H17ClFN3/c1-3-6-12-19-14(15(18)20(12)9-4-2)13-10(16)7-5-8-11(13)17/h4-5,7-8H,2-3,6,9,18H2,1H3. The average Bonchev–Trinajstić information content (AvgIpc) is 2.69. The van der Waals surface area contributed by atoms with Gasteiger partial charge >= 0.3 is 0 Å². The van der Waals surface area contributed by atoms with Gasteiger partial charge in [-0.3, -0.25) is 0 Å². The normalized spacial score (nSPS) is 10.8. The summed E-state index contributed by atoms with van der Waals surface area (Å²) in [7, 11) is 0. The van der Waals surface area contributed by atoms with Crippen molar-refractivity contribution >= 4 is 17.4 Å². The van der Waals surface area contributed by atoms with Gasteiger partial charge in [-0.2, -0.15) is 0 Å². The quantitative estimate of drug-likeness (QED) is 0.845. The van der Waals surface area contributed by atoms with Gasteiger partial charge in [0.1, 0.15) is 23.2 Å². The summed E-state index contributed by atoms with van der Waals surface area (Å²) < 4.78 is 15.9. The molecule has 0 amide bonds. The number of hydrogen-bond donors (Lipinski definition) is 1. The molecule has 0 fully saturated rings. The summed E-state index contributed by atoms with van der Waals surface area (Å²) in [5.41, 5.74) is 6.78. The van der Waals surface area contributed by atoms with Crippen molar-refractivity contribution in [3.05, 3.63) is 47.5 Å². The van der Waals surface area contributed by atoms with Crippen LogP contribution in [0.2, 0.25) is 5.02 Å². The first-order chi connectivity index (χ1) is 9.60. The fourth-order valence-corrected chi connectivity index (χ4v) is 2.42. The number of hydrogen-bond acceptors (Lipinski definition) is 2. The first kappa shape index (κ1) is 14.6. The highest BCUT2D eigenvalue weighted by Crippen LogP contribution is 2.34. The lowest BCUT2D eigenvalue weighted by molar-refractivity contribution is 0.631. The Morgan fingerprint density at radius 2 is 2.25 bits per heavy atom. The van der Waals surface area contributed by atoms with Gasteiger partial charge in [-0.1, -0.05) is 30.7 Å². The van der Waals surface area contributed by atoms with E-state index in [2.05, 4.69) is 18.5 Å². The van der Waals surface area contributed by atoms with Crippen LogP contribution in [0.5, 0.6) is 0 Å². The molecule has 20 heavy (non-hydrogen) atoms. The number of imidazole rings is 1. The van der Waals surface area contributed by atoms with Crippen LogP contribution in [0.3, 0.4) is 0 Å². The maximum Gasteiger partial charge on any atom is 0.134 e. The van der Waals surface area contributed by atoms with E-state index in [1.165, 1.54) is 6.07 Å². The summed E-state index contributed by atoms with van der Waals surface area (Å²) in [6, 6.07) is 4.54. The van der Waals surface area contributed by atoms with Crippen LogP contribution in [-0.4, -0.2) is 9.55 Å². The molecule has 0 unspecified atom stereocenters. The Balaban J connectivity index is 2.63. The minimum absolute atomic E-state index is 0.256. The molecule has 2 aromatic rings. The summed E-state index contributed by atoms with van der Waals surface area (Å²) in [5.74, 6) is 0.815. The predicted octanol–water partition coefficient (Wildman–Crippen LogP) is 4.06. The second-order valence-electron chi connectivity index (χ2n) is 4.51. The van der Waals surface area contributed by atoms with Crippen LogP contribution in [0.15, 0.2) is 30.9 Å². The highest BCUT2D eigenvalue weighted by Gasteiger charge is 2.20. The summed E-state index contributed by atoms with van der Waals surface area (Å²) in [6.07, 6.45) is 3.44. The highest BCUT2D eigenvalue weighted by molar-refractivity contribution is 6.33. The third kappa shape index (κ3) is 2.56. The van der Waals surface area contributed by atoms with E-state index in [4.69, 9.17) is 17.3 Å². The SMILES string of the molecule is C=CCn1c(CCC)nc(-c2c(F)cccc2Cl)c1N. The van der Waals surface area contributed by atoms with Gasteiger partial charge in [0.25, 0.3) is 0 Å². The van der Waals surface area contributed by atoms with Crippen LogP contribution in [0.25, 0.3) is 11.3 Å². The molecule has 2 rings (SSSR count). The maximum absolute atomic E-state index is 14.0. The number of nitrogen functional groups attached to an aromatic ring is 1. The first-order valence-corrected chi connectivity index (χ1v) is 6.88. The number of rotatable bonds is 5. The van der Waals surface area contributed by atoms with Gasteiger partial charge in [0.05, 0.1) is 10.6 Å². The molecule has 0 spiro atoms. The molecule has 106 valence electrons. The topological polar surface area (TPSA) is 43.8 Å². The fourth-order valence-electron chi connectivity index (χ4n) is 2.17. The van der Waals surface area contributed by atoms with Crippen molar-refractivity contribution in [2.75, 3.05) is 5.73 Å². The number of aromatic nitrogens is 2. The van der Waals surface area contributed by atoms with Crippen molar-refractivity contribution in [1.82, 2.24) is 9.55 Å². The summed E-state index contributed by atoms with van der Waals surface area (Å²) in [4.78, 5) is 4.48. The Bertz CT molecular complexity index is 614. The van der Waals surface area contributed by atoms with Crippen molar-refractivity contribution in [3.63, 3.8) is 0 Å². The summed E-state index contributed by atoms with van der Waals surface area (Å²) in [5, 5.41) is 0.308. The molecule has 1 aromatic carbocycles. The van der Waals surface area contributed by atoms with E-state index in [1.54, 1.807) is 18.2 Å². The van der Waals surface area contributed by atoms with Crippen LogP contribution >= 0.6 is 11.6 Å².